The van der Waals surface area contributed by atoms with Crippen molar-refractivity contribution < 1.29 is 14.4 Å². The SMILES string of the molecule is C[C@@H](N)Cn1cncc1P(=O)(O)O. The van der Waals surface area contributed by atoms with E-state index in [-0.39, 0.29) is 11.5 Å². The van der Waals surface area contributed by atoms with E-state index in [0.717, 1.165) is 6.20 Å². The summed E-state index contributed by atoms with van der Waals surface area (Å²) in [5.41, 5.74) is 5.40. The highest BCUT2D eigenvalue weighted by Crippen LogP contribution is 2.32. The summed E-state index contributed by atoms with van der Waals surface area (Å²) in [7, 11) is -4.22. The van der Waals surface area contributed by atoms with E-state index in [1.54, 1.807) is 6.92 Å². The van der Waals surface area contributed by atoms with Crippen LogP contribution in [0.25, 0.3) is 0 Å². The highest BCUT2D eigenvalue weighted by Gasteiger charge is 2.22. The molecule has 74 valence electrons. The maximum absolute atomic E-state index is 10.9. The molecule has 0 unspecified atom stereocenters. The summed E-state index contributed by atoms with van der Waals surface area (Å²) in [5, 5.41) is 0. The molecule has 0 aliphatic heterocycles. The molecule has 1 aromatic heterocycles. The van der Waals surface area contributed by atoms with Gasteiger partial charge < -0.3 is 20.1 Å². The Hall–Kier alpha value is -0.680. The zero-order valence-corrected chi connectivity index (χ0v) is 8.06. The van der Waals surface area contributed by atoms with Crippen LogP contribution in [-0.4, -0.2) is 25.4 Å². The lowest BCUT2D eigenvalue weighted by Crippen LogP contribution is -2.27. The molecule has 1 atom stereocenters. The molecule has 1 heterocycles. The number of aromatic nitrogens is 2. The van der Waals surface area contributed by atoms with Gasteiger partial charge in [0.2, 0.25) is 0 Å². The second-order valence-electron chi connectivity index (χ2n) is 2.93. The Morgan fingerprint density at radius 2 is 2.38 bits per heavy atom. The number of nitrogens with zero attached hydrogens (tertiary/aromatic N) is 2. The van der Waals surface area contributed by atoms with E-state index in [1.165, 1.54) is 10.9 Å². The van der Waals surface area contributed by atoms with Crippen LogP contribution in [0, 0.1) is 0 Å². The topological polar surface area (TPSA) is 101 Å². The first-order chi connectivity index (χ1) is 5.91. The lowest BCUT2D eigenvalue weighted by Gasteiger charge is -2.10. The monoisotopic (exact) mass is 205 g/mol. The standard InChI is InChI=1S/C6H12N3O3P/c1-5(7)3-9-4-8-2-6(9)13(10,11)12/h2,4-5H,3,7H2,1H3,(H2,10,11,12)/t5-/m1/s1. The van der Waals surface area contributed by atoms with Crippen molar-refractivity contribution in [2.75, 3.05) is 0 Å². The molecule has 0 aliphatic carbocycles. The van der Waals surface area contributed by atoms with E-state index in [4.69, 9.17) is 15.5 Å². The molecule has 0 spiro atoms. The van der Waals surface area contributed by atoms with Gasteiger partial charge >= 0.3 is 7.60 Å². The van der Waals surface area contributed by atoms with Gasteiger partial charge in [-0.05, 0) is 6.92 Å². The lowest BCUT2D eigenvalue weighted by molar-refractivity contribution is 0.384. The minimum atomic E-state index is -4.22. The van der Waals surface area contributed by atoms with Crippen LogP contribution in [-0.2, 0) is 11.1 Å². The lowest BCUT2D eigenvalue weighted by atomic mass is 10.4. The van der Waals surface area contributed by atoms with Crippen LogP contribution in [0.1, 0.15) is 6.92 Å². The summed E-state index contributed by atoms with van der Waals surface area (Å²) < 4.78 is 12.3. The first-order valence-electron chi connectivity index (χ1n) is 3.73. The van der Waals surface area contributed by atoms with Gasteiger partial charge in [-0.15, -0.1) is 0 Å². The van der Waals surface area contributed by atoms with Crippen molar-refractivity contribution in [1.29, 1.82) is 0 Å². The molecule has 13 heavy (non-hydrogen) atoms. The van der Waals surface area contributed by atoms with Crippen LogP contribution in [0.5, 0.6) is 0 Å². The Balaban J connectivity index is 2.97. The molecular formula is C6H12N3O3P. The average Bonchev–Trinajstić information content (AvgIpc) is 2.31. The largest absolute Gasteiger partial charge is 0.374 e. The Morgan fingerprint density at radius 1 is 1.77 bits per heavy atom. The van der Waals surface area contributed by atoms with Gasteiger partial charge in [-0.3, -0.25) is 4.57 Å². The van der Waals surface area contributed by atoms with Gasteiger partial charge in [0.15, 0.2) is 5.44 Å². The van der Waals surface area contributed by atoms with E-state index >= 15 is 0 Å². The molecule has 0 saturated heterocycles. The van der Waals surface area contributed by atoms with Gasteiger partial charge in [0.05, 0.1) is 12.5 Å². The molecule has 1 rings (SSSR count). The Kier molecular flexibility index (Phi) is 2.87. The zero-order valence-electron chi connectivity index (χ0n) is 7.16. The van der Waals surface area contributed by atoms with Crippen LogP contribution >= 0.6 is 7.60 Å². The maximum Gasteiger partial charge on any atom is 0.374 e. The van der Waals surface area contributed by atoms with Crippen LogP contribution in [0.3, 0.4) is 0 Å². The van der Waals surface area contributed by atoms with E-state index < -0.39 is 7.60 Å². The second-order valence-corrected chi connectivity index (χ2v) is 4.47. The highest BCUT2D eigenvalue weighted by molar-refractivity contribution is 7.60. The predicted molar refractivity (Wildman–Crippen MR) is 47.6 cm³/mol. The van der Waals surface area contributed by atoms with Gasteiger partial charge in [0.1, 0.15) is 0 Å². The smallest absolute Gasteiger partial charge is 0.326 e. The normalized spacial score (nSPS) is 14.5. The fourth-order valence-electron chi connectivity index (χ4n) is 1.01. The molecule has 1 aromatic rings. The van der Waals surface area contributed by atoms with Crippen molar-refractivity contribution in [1.82, 2.24) is 9.55 Å². The van der Waals surface area contributed by atoms with Gasteiger partial charge in [-0.1, -0.05) is 0 Å². The van der Waals surface area contributed by atoms with Crippen molar-refractivity contribution in [3.05, 3.63) is 12.5 Å². The minimum absolute atomic E-state index is 0.0928. The summed E-state index contributed by atoms with van der Waals surface area (Å²) in [6.45, 7) is 2.10. The Labute approximate surface area is 75.6 Å². The molecule has 0 saturated carbocycles. The molecule has 0 fully saturated rings. The van der Waals surface area contributed by atoms with Crippen LogP contribution in [0.15, 0.2) is 12.5 Å². The van der Waals surface area contributed by atoms with E-state index in [9.17, 15) is 4.57 Å². The first kappa shape index (κ1) is 10.4. The fourth-order valence-corrected chi connectivity index (χ4v) is 1.69. The van der Waals surface area contributed by atoms with E-state index in [1.807, 2.05) is 0 Å². The van der Waals surface area contributed by atoms with Crippen LogP contribution in [0.2, 0.25) is 0 Å². The number of nitrogens with two attached hydrogens (primary N) is 1. The average molecular weight is 205 g/mol. The quantitative estimate of drug-likeness (QED) is 0.551. The molecule has 0 aliphatic rings. The van der Waals surface area contributed by atoms with E-state index in [0.29, 0.717) is 6.54 Å². The molecule has 7 heteroatoms. The summed E-state index contributed by atoms with van der Waals surface area (Å²) in [6, 6.07) is -0.167. The third-order valence-electron chi connectivity index (χ3n) is 1.47. The summed E-state index contributed by atoms with van der Waals surface area (Å²) >= 11 is 0. The number of hydrogen-bond donors (Lipinski definition) is 3. The minimum Gasteiger partial charge on any atom is -0.326 e. The first-order valence-corrected chi connectivity index (χ1v) is 5.34. The third-order valence-corrected chi connectivity index (χ3v) is 2.44. The van der Waals surface area contributed by atoms with Crippen LogP contribution < -0.4 is 11.2 Å². The fraction of sp³-hybridized carbons (Fsp3) is 0.500. The van der Waals surface area contributed by atoms with Crippen molar-refractivity contribution in [2.24, 2.45) is 5.73 Å². The molecule has 0 radical (unpaired) electrons. The summed E-state index contributed by atoms with van der Waals surface area (Å²) in [6.07, 6.45) is 2.51. The second kappa shape index (κ2) is 3.59. The summed E-state index contributed by atoms with van der Waals surface area (Å²) in [5.74, 6) is 0. The Morgan fingerprint density at radius 3 is 2.85 bits per heavy atom. The Bertz CT molecular complexity index is 330. The number of imidazole rings is 1. The van der Waals surface area contributed by atoms with E-state index in [2.05, 4.69) is 4.98 Å². The van der Waals surface area contributed by atoms with Gasteiger partial charge in [0, 0.05) is 12.6 Å². The third kappa shape index (κ3) is 2.63. The highest BCUT2D eigenvalue weighted by atomic mass is 31.2. The number of hydrogen-bond acceptors (Lipinski definition) is 3. The van der Waals surface area contributed by atoms with Gasteiger partial charge in [-0.25, -0.2) is 4.98 Å². The van der Waals surface area contributed by atoms with Gasteiger partial charge in [0.25, 0.3) is 0 Å². The number of rotatable bonds is 3. The molecule has 0 amide bonds. The van der Waals surface area contributed by atoms with Crippen molar-refractivity contribution in [3.63, 3.8) is 0 Å². The van der Waals surface area contributed by atoms with Crippen molar-refractivity contribution >= 4 is 13.0 Å². The molecule has 0 aromatic carbocycles. The predicted octanol–water partition coefficient (Wildman–Crippen LogP) is -0.967. The maximum atomic E-state index is 10.9. The molecule has 4 N–H and O–H groups in total. The molecular weight excluding hydrogens is 193 g/mol. The van der Waals surface area contributed by atoms with Gasteiger partial charge in [-0.2, -0.15) is 0 Å². The molecule has 0 bridgehead atoms. The molecule has 6 nitrogen and oxygen atoms in total. The van der Waals surface area contributed by atoms with Crippen molar-refractivity contribution in [2.45, 2.75) is 19.5 Å². The zero-order chi connectivity index (χ0) is 10.1. The summed E-state index contributed by atoms with van der Waals surface area (Å²) in [4.78, 5) is 21.4. The van der Waals surface area contributed by atoms with Crippen molar-refractivity contribution in [3.8, 4) is 0 Å². The van der Waals surface area contributed by atoms with Crippen LogP contribution in [0.4, 0.5) is 0 Å².